The molecule has 3 heterocycles. The lowest BCUT2D eigenvalue weighted by Gasteiger charge is -2.34. The highest BCUT2D eigenvalue weighted by molar-refractivity contribution is 5.83. The van der Waals surface area contributed by atoms with Crippen LogP contribution in [0.25, 0.3) is 10.9 Å². The first kappa shape index (κ1) is 20.2. The van der Waals surface area contributed by atoms with Gasteiger partial charge in [0.1, 0.15) is 5.82 Å². The maximum Gasteiger partial charge on any atom is 0.193 e. The summed E-state index contributed by atoms with van der Waals surface area (Å²) in [5.41, 5.74) is 2.08. The van der Waals surface area contributed by atoms with Crippen LogP contribution >= 0.6 is 0 Å². The number of hydrogen-bond acceptors (Lipinski definition) is 3. The van der Waals surface area contributed by atoms with Crippen molar-refractivity contribution < 1.29 is 13.9 Å². The maximum absolute atomic E-state index is 13.5. The number of aromatic nitrogens is 1. The van der Waals surface area contributed by atoms with E-state index in [4.69, 9.17) is 9.47 Å². The summed E-state index contributed by atoms with van der Waals surface area (Å²) >= 11 is 0. The summed E-state index contributed by atoms with van der Waals surface area (Å²) in [7, 11) is 1.82. The molecular formula is C22H31FN4O2. The van der Waals surface area contributed by atoms with Crippen molar-refractivity contribution in [3.63, 3.8) is 0 Å². The number of hydrogen-bond donors (Lipinski definition) is 2. The van der Waals surface area contributed by atoms with Crippen molar-refractivity contribution in [1.82, 2.24) is 15.2 Å². The first-order chi connectivity index (χ1) is 14.2. The lowest BCUT2D eigenvalue weighted by Crippen LogP contribution is -2.47. The minimum Gasteiger partial charge on any atom is -0.376 e. The quantitative estimate of drug-likeness (QED) is 0.576. The Morgan fingerprint density at radius 2 is 2.21 bits per heavy atom. The number of guanidine groups is 1. The highest BCUT2D eigenvalue weighted by Gasteiger charge is 2.24. The van der Waals surface area contributed by atoms with Gasteiger partial charge in [0.05, 0.1) is 18.8 Å². The second-order valence-corrected chi connectivity index (χ2v) is 7.88. The summed E-state index contributed by atoms with van der Waals surface area (Å²) in [4.78, 5) is 9.95. The number of likely N-dealkylation sites (tertiary alicyclic amines) is 1. The molecule has 6 nitrogen and oxygen atoms in total. The summed E-state index contributed by atoms with van der Waals surface area (Å²) in [6.07, 6.45) is 7.68. The molecule has 7 heteroatoms. The van der Waals surface area contributed by atoms with E-state index in [2.05, 4.69) is 20.2 Å². The molecule has 2 N–H and O–H groups in total. The van der Waals surface area contributed by atoms with Gasteiger partial charge in [0, 0.05) is 50.4 Å². The number of H-pyrrole nitrogens is 1. The van der Waals surface area contributed by atoms with Gasteiger partial charge in [0.15, 0.2) is 5.96 Å². The largest absolute Gasteiger partial charge is 0.376 e. The van der Waals surface area contributed by atoms with Crippen LogP contribution in [-0.4, -0.2) is 67.9 Å². The van der Waals surface area contributed by atoms with Crippen molar-refractivity contribution in [2.24, 2.45) is 4.99 Å². The topological polar surface area (TPSA) is 61.9 Å². The third kappa shape index (κ3) is 5.08. The van der Waals surface area contributed by atoms with Gasteiger partial charge in [0.2, 0.25) is 0 Å². The van der Waals surface area contributed by atoms with E-state index in [0.29, 0.717) is 12.2 Å². The Labute approximate surface area is 171 Å². The standard InChI is InChI=1S/C22H31FN4O2/c1-24-22(25-9-6-16-14-26-21-5-4-17(23)13-20(16)21)27-10-7-18(8-11-27)29-15-19-3-2-12-28-19/h4-5,13-14,18-19,26H,2-3,6-12,15H2,1H3,(H,24,25). The zero-order chi connectivity index (χ0) is 20.1. The van der Waals surface area contributed by atoms with Crippen molar-refractivity contribution in [3.05, 3.63) is 35.8 Å². The van der Waals surface area contributed by atoms with E-state index in [0.717, 1.165) is 87.4 Å². The van der Waals surface area contributed by atoms with Crippen LogP contribution in [0.5, 0.6) is 0 Å². The van der Waals surface area contributed by atoms with Crippen LogP contribution in [0.15, 0.2) is 29.4 Å². The molecular weight excluding hydrogens is 371 g/mol. The molecule has 0 saturated carbocycles. The summed E-state index contributed by atoms with van der Waals surface area (Å²) < 4.78 is 25.2. The summed E-state index contributed by atoms with van der Waals surface area (Å²) in [5, 5.41) is 4.41. The molecule has 1 atom stereocenters. The minimum atomic E-state index is -0.202. The number of aliphatic imine (C=N–C) groups is 1. The highest BCUT2D eigenvalue weighted by Crippen LogP contribution is 2.20. The van der Waals surface area contributed by atoms with Crippen LogP contribution in [-0.2, 0) is 15.9 Å². The maximum atomic E-state index is 13.5. The van der Waals surface area contributed by atoms with Gasteiger partial charge in [-0.05, 0) is 55.9 Å². The van der Waals surface area contributed by atoms with Crippen molar-refractivity contribution >= 4 is 16.9 Å². The van der Waals surface area contributed by atoms with Crippen LogP contribution in [0.1, 0.15) is 31.2 Å². The fraction of sp³-hybridized carbons (Fsp3) is 0.591. The van der Waals surface area contributed by atoms with Gasteiger partial charge in [-0.3, -0.25) is 4.99 Å². The molecule has 1 unspecified atom stereocenters. The number of ether oxygens (including phenoxy) is 2. The molecule has 2 aliphatic rings. The van der Waals surface area contributed by atoms with E-state index in [1.807, 2.05) is 13.2 Å². The molecule has 4 rings (SSSR count). The van der Waals surface area contributed by atoms with Gasteiger partial charge < -0.3 is 24.7 Å². The van der Waals surface area contributed by atoms with Gasteiger partial charge >= 0.3 is 0 Å². The number of benzene rings is 1. The van der Waals surface area contributed by atoms with Crippen LogP contribution < -0.4 is 5.32 Å². The smallest absolute Gasteiger partial charge is 0.193 e. The van der Waals surface area contributed by atoms with E-state index in [1.165, 1.54) is 6.07 Å². The SMILES string of the molecule is CN=C(NCCc1c[nH]c2ccc(F)cc12)N1CCC(OCC2CCCO2)CC1. The summed E-state index contributed by atoms with van der Waals surface area (Å²) in [6.45, 7) is 4.23. The van der Waals surface area contributed by atoms with Crippen molar-refractivity contribution in [1.29, 1.82) is 0 Å². The van der Waals surface area contributed by atoms with Crippen molar-refractivity contribution in [2.45, 2.75) is 44.3 Å². The van der Waals surface area contributed by atoms with Crippen LogP contribution in [0.3, 0.4) is 0 Å². The second kappa shape index (κ2) is 9.59. The molecule has 1 aromatic carbocycles. The molecule has 158 valence electrons. The van der Waals surface area contributed by atoms with Crippen LogP contribution in [0, 0.1) is 5.82 Å². The fourth-order valence-corrected chi connectivity index (χ4v) is 4.25. The first-order valence-corrected chi connectivity index (χ1v) is 10.7. The zero-order valence-corrected chi connectivity index (χ0v) is 17.1. The molecule has 29 heavy (non-hydrogen) atoms. The lowest BCUT2D eigenvalue weighted by atomic mass is 10.1. The molecule has 0 radical (unpaired) electrons. The van der Waals surface area contributed by atoms with E-state index >= 15 is 0 Å². The Morgan fingerprint density at radius 3 is 2.97 bits per heavy atom. The molecule has 0 spiro atoms. The molecule has 2 aliphatic heterocycles. The second-order valence-electron chi connectivity index (χ2n) is 7.88. The van der Waals surface area contributed by atoms with Gasteiger partial charge in [-0.25, -0.2) is 4.39 Å². The minimum absolute atomic E-state index is 0.202. The fourth-order valence-electron chi connectivity index (χ4n) is 4.25. The average Bonchev–Trinajstić information content (AvgIpc) is 3.40. The van der Waals surface area contributed by atoms with Gasteiger partial charge in [-0.2, -0.15) is 0 Å². The van der Waals surface area contributed by atoms with Gasteiger partial charge in [-0.15, -0.1) is 0 Å². The van der Waals surface area contributed by atoms with E-state index < -0.39 is 0 Å². The van der Waals surface area contributed by atoms with Crippen LogP contribution in [0.4, 0.5) is 4.39 Å². The number of fused-ring (bicyclic) bond motifs is 1. The normalized spacial score (nSPS) is 21.2. The van der Waals surface area contributed by atoms with Gasteiger partial charge in [-0.1, -0.05) is 0 Å². The third-order valence-electron chi connectivity index (χ3n) is 5.90. The van der Waals surface area contributed by atoms with Crippen molar-refractivity contribution in [2.75, 3.05) is 39.9 Å². The van der Waals surface area contributed by atoms with Crippen molar-refractivity contribution in [3.8, 4) is 0 Å². The first-order valence-electron chi connectivity index (χ1n) is 10.7. The molecule has 2 fully saturated rings. The average molecular weight is 403 g/mol. The molecule has 0 bridgehead atoms. The zero-order valence-electron chi connectivity index (χ0n) is 17.1. The monoisotopic (exact) mass is 402 g/mol. The van der Waals surface area contributed by atoms with Crippen LogP contribution in [0.2, 0.25) is 0 Å². The molecule has 1 aromatic heterocycles. The Bertz CT molecular complexity index is 823. The number of piperidine rings is 1. The molecule has 2 aromatic rings. The summed E-state index contributed by atoms with van der Waals surface area (Å²) in [6, 6.07) is 4.86. The molecule has 0 aliphatic carbocycles. The number of nitrogens with one attached hydrogen (secondary N) is 2. The Kier molecular flexibility index (Phi) is 6.67. The van der Waals surface area contributed by atoms with E-state index in [1.54, 1.807) is 12.1 Å². The number of halogens is 1. The highest BCUT2D eigenvalue weighted by atomic mass is 19.1. The number of aromatic amines is 1. The number of nitrogens with zero attached hydrogens (tertiary/aromatic N) is 2. The third-order valence-corrected chi connectivity index (χ3v) is 5.90. The van der Waals surface area contributed by atoms with E-state index in [9.17, 15) is 4.39 Å². The molecule has 2 saturated heterocycles. The predicted octanol–water partition coefficient (Wildman–Crippen LogP) is 3.08. The Hall–Kier alpha value is -2.12. The lowest BCUT2D eigenvalue weighted by molar-refractivity contribution is -0.0367. The Balaban J connectivity index is 1.22. The summed E-state index contributed by atoms with van der Waals surface area (Å²) in [5.74, 6) is 0.723. The van der Waals surface area contributed by atoms with Gasteiger partial charge in [0.25, 0.3) is 0 Å². The molecule has 0 amide bonds. The Morgan fingerprint density at radius 1 is 1.34 bits per heavy atom. The number of rotatable bonds is 6. The predicted molar refractivity (Wildman–Crippen MR) is 113 cm³/mol. The van der Waals surface area contributed by atoms with E-state index in [-0.39, 0.29) is 5.82 Å².